The Morgan fingerprint density at radius 1 is 1.29 bits per heavy atom. The summed E-state index contributed by atoms with van der Waals surface area (Å²) in [5.41, 5.74) is 0.815. The molecule has 0 radical (unpaired) electrons. The number of nitrogens with one attached hydrogen (secondary N) is 1. The van der Waals surface area contributed by atoms with Gasteiger partial charge in [0.15, 0.2) is 0 Å². The van der Waals surface area contributed by atoms with E-state index in [1.807, 2.05) is 45.0 Å². The van der Waals surface area contributed by atoms with E-state index in [9.17, 15) is 5.11 Å². The molecule has 2 N–H and O–H groups in total. The molecule has 1 rings (SSSR count). The Bertz CT molecular complexity index is 395. The van der Waals surface area contributed by atoms with E-state index in [1.54, 1.807) is 0 Å². The van der Waals surface area contributed by atoms with Gasteiger partial charge in [0.1, 0.15) is 0 Å². The van der Waals surface area contributed by atoms with Crippen LogP contribution >= 0.6 is 11.6 Å². The van der Waals surface area contributed by atoms with Crippen LogP contribution in [0, 0.1) is 0 Å². The molecule has 0 saturated heterocycles. The van der Waals surface area contributed by atoms with Crippen molar-refractivity contribution in [3.63, 3.8) is 0 Å². The maximum Gasteiger partial charge on any atom is 0.0897 e. The molecule has 0 aliphatic rings. The first kappa shape index (κ1) is 18.4. The Labute approximate surface area is 132 Å². The van der Waals surface area contributed by atoms with E-state index in [0.29, 0.717) is 37.9 Å². The lowest BCUT2D eigenvalue weighted by atomic mass is 10.1. The third-order valence-electron chi connectivity index (χ3n) is 2.96. The molecule has 1 aromatic carbocycles. The van der Waals surface area contributed by atoms with Gasteiger partial charge in [-0.2, -0.15) is 0 Å². The van der Waals surface area contributed by atoms with Gasteiger partial charge in [-0.05, 0) is 38.5 Å². The summed E-state index contributed by atoms with van der Waals surface area (Å²) in [6, 6.07) is 7.48. The molecule has 120 valence electrons. The highest BCUT2D eigenvalue weighted by Gasteiger charge is 2.17. The van der Waals surface area contributed by atoms with E-state index in [2.05, 4.69) is 5.32 Å². The average Bonchev–Trinajstić information content (AvgIpc) is 2.40. The van der Waals surface area contributed by atoms with Crippen LogP contribution in [0.5, 0.6) is 0 Å². The van der Waals surface area contributed by atoms with Crippen molar-refractivity contribution in [1.29, 1.82) is 0 Å². The molecular formula is C16H26ClNO3. The number of ether oxygens (including phenoxy) is 2. The van der Waals surface area contributed by atoms with Crippen molar-refractivity contribution in [1.82, 2.24) is 5.32 Å². The summed E-state index contributed by atoms with van der Waals surface area (Å²) in [4.78, 5) is 0. The molecule has 0 spiro atoms. The second-order valence-corrected chi connectivity index (χ2v) is 6.06. The van der Waals surface area contributed by atoms with Crippen LogP contribution < -0.4 is 5.32 Å². The van der Waals surface area contributed by atoms with Crippen molar-refractivity contribution < 1.29 is 14.6 Å². The Kier molecular flexibility index (Phi) is 8.22. The summed E-state index contributed by atoms with van der Waals surface area (Å²) in [6.07, 6.45) is -0.533. The molecule has 1 aromatic rings. The first-order valence-corrected chi connectivity index (χ1v) is 7.65. The molecule has 0 fully saturated rings. The highest BCUT2D eigenvalue weighted by atomic mass is 35.5. The maximum absolute atomic E-state index is 9.85. The Hall–Kier alpha value is -0.650. The molecule has 0 heterocycles. The van der Waals surface area contributed by atoms with Crippen LogP contribution in [0.2, 0.25) is 5.02 Å². The summed E-state index contributed by atoms with van der Waals surface area (Å²) >= 11 is 5.81. The van der Waals surface area contributed by atoms with Gasteiger partial charge in [-0.1, -0.05) is 23.7 Å². The van der Waals surface area contributed by atoms with Crippen LogP contribution in [0.4, 0.5) is 0 Å². The van der Waals surface area contributed by atoms with Crippen LogP contribution in [0.15, 0.2) is 24.3 Å². The fraction of sp³-hybridized carbons (Fsp3) is 0.625. The molecule has 0 aliphatic heterocycles. The van der Waals surface area contributed by atoms with Crippen molar-refractivity contribution in [2.45, 2.75) is 39.1 Å². The lowest BCUT2D eigenvalue weighted by Gasteiger charge is -2.25. The fourth-order valence-corrected chi connectivity index (χ4v) is 2.06. The summed E-state index contributed by atoms with van der Waals surface area (Å²) in [5, 5.41) is 13.8. The lowest BCUT2D eigenvalue weighted by Crippen LogP contribution is -2.41. The van der Waals surface area contributed by atoms with Crippen LogP contribution in [0.1, 0.15) is 26.3 Å². The van der Waals surface area contributed by atoms with E-state index in [-0.39, 0.29) is 5.60 Å². The van der Waals surface area contributed by atoms with E-state index in [4.69, 9.17) is 21.1 Å². The third-order valence-corrected chi connectivity index (χ3v) is 3.21. The van der Waals surface area contributed by atoms with Crippen molar-refractivity contribution in [2.75, 3.05) is 26.3 Å². The largest absolute Gasteiger partial charge is 0.389 e. The maximum atomic E-state index is 9.85. The van der Waals surface area contributed by atoms with Crippen LogP contribution in [0.3, 0.4) is 0 Å². The van der Waals surface area contributed by atoms with E-state index in [1.165, 1.54) is 0 Å². The van der Waals surface area contributed by atoms with Crippen LogP contribution in [-0.4, -0.2) is 43.1 Å². The highest BCUT2D eigenvalue weighted by Crippen LogP contribution is 2.10. The third kappa shape index (κ3) is 8.39. The number of aliphatic hydroxyl groups excluding tert-OH is 1. The molecule has 1 atom stereocenters. The minimum absolute atomic E-state index is 0.224. The summed E-state index contributed by atoms with van der Waals surface area (Å²) < 4.78 is 11.1. The summed E-state index contributed by atoms with van der Waals surface area (Å²) in [7, 11) is 0. The normalized spacial score (nSPS) is 13.4. The standard InChI is InChI=1S/C16H26ClNO3/c1-4-21-16(2,3)12-18-9-15(19)11-20-10-13-5-7-14(17)8-6-13/h5-8,15,18-19H,4,9-12H2,1-3H3. The number of rotatable bonds is 10. The monoisotopic (exact) mass is 315 g/mol. The predicted octanol–water partition coefficient (Wildman–Crippen LogP) is 2.62. The number of benzene rings is 1. The second-order valence-electron chi connectivity index (χ2n) is 5.62. The molecule has 1 unspecified atom stereocenters. The number of aliphatic hydroxyl groups is 1. The van der Waals surface area contributed by atoms with Gasteiger partial charge in [0.2, 0.25) is 0 Å². The number of halogens is 1. The Morgan fingerprint density at radius 3 is 2.57 bits per heavy atom. The molecule has 0 saturated carbocycles. The zero-order valence-corrected chi connectivity index (χ0v) is 13.8. The molecule has 0 amide bonds. The van der Waals surface area contributed by atoms with Crippen LogP contribution in [-0.2, 0) is 16.1 Å². The SMILES string of the molecule is CCOC(C)(C)CNCC(O)COCc1ccc(Cl)cc1. The minimum Gasteiger partial charge on any atom is -0.389 e. The first-order valence-electron chi connectivity index (χ1n) is 7.28. The topological polar surface area (TPSA) is 50.7 Å². The van der Waals surface area contributed by atoms with Crippen molar-refractivity contribution in [3.05, 3.63) is 34.9 Å². The van der Waals surface area contributed by atoms with Gasteiger partial charge in [-0.25, -0.2) is 0 Å². The van der Waals surface area contributed by atoms with Crippen molar-refractivity contribution in [3.8, 4) is 0 Å². The molecule has 5 heteroatoms. The molecule has 21 heavy (non-hydrogen) atoms. The van der Waals surface area contributed by atoms with Gasteiger partial charge >= 0.3 is 0 Å². The molecule has 4 nitrogen and oxygen atoms in total. The van der Waals surface area contributed by atoms with Gasteiger partial charge in [-0.15, -0.1) is 0 Å². The predicted molar refractivity (Wildman–Crippen MR) is 85.7 cm³/mol. The molecule has 0 aliphatic carbocycles. The Balaban J connectivity index is 2.14. The van der Waals surface area contributed by atoms with Crippen LogP contribution in [0.25, 0.3) is 0 Å². The van der Waals surface area contributed by atoms with Gasteiger partial charge in [0.25, 0.3) is 0 Å². The zero-order valence-electron chi connectivity index (χ0n) is 13.1. The smallest absolute Gasteiger partial charge is 0.0897 e. The Morgan fingerprint density at radius 2 is 1.95 bits per heavy atom. The highest BCUT2D eigenvalue weighted by molar-refractivity contribution is 6.30. The molecular weight excluding hydrogens is 290 g/mol. The number of hydrogen-bond donors (Lipinski definition) is 2. The molecule has 0 aromatic heterocycles. The van der Waals surface area contributed by atoms with E-state index in [0.717, 1.165) is 5.56 Å². The van der Waals surface area contributed by atoms with E-state index >= 15 is 0 Å². The lowest BCUT2D eigenvalue weighted by molar-refractivity contribution is -0.0141. The van der Waals surface area contributed by atoms with E-state index < -0.39 is 6.10 Å². The van der Waals surface area contributed by atoms with Crippen molar-refractivity contribution >= 4 is 11.6 Å². The molecule has 0 bridgehead atoms. The number of hydrogen-bond acceptors (Lipinski definition) is 4. The minimum atomic E-state index is -0.533. The first-order chi connectivity index (χ1) is 9.93. The zero-order chi connectivity index (χ0) is 15.7. The average molecular weight is 316 g/mol. The fourth-order valence-electron chi connectivity index (χ4n) is 1.93. The van der Waals surface area contributed by atoms with Gasteiger partial charge in [0.05, 0.1) is 24.9 Å². The quantitative estimate of drug-likeness (QED) is 0.697. The second kappa shape index (κ2) is 9.38. The van der Waals surface area contributed by atoms with Gasteiger partial charge in [-0.3, -0.25) is 0 Å². The summed E-state index contributed by atoms with van der Waals surface area (Å²) in [5.74, 6) is 0. The summed E-state index contributed by atoms with van der Waals surface area (Å²) in [6.45, 7) is 8.64. The van der Waals surface area contributed by atoms with Gasteiger partial charge in [0, 0.05) is 24.7 Å². The van der Waals surface area contributed by atoms with Crippen molar-refractivity contribution in [2.24, 2.45) is 0 Å². The van der Waals surface area contributed by atoms with Gasteiger partial charge < -0.3 is 19.9 Å².